The molecule has 4 aromatic carbocycles. The van der Waals surface area contributed by atoms with Crippen LogP contribution >= 0.6 is 14.9 Å². The smallest absolute Gasteiger partial charge is 0.332 e. The molecule has 4 nitrogen and oxygen atoms in total. The van der Waals surface area contributed by atoms with Crippen LogP contribution in [-0.2, 0) is 9.13 Å². The Bertz CT molecular complexity index is 1260. The van der Waals surface area contributed by atoms with Crippen molar-refractivity contribution in [1.82, 2.24) is 0 Å². The lowest BCUT2D eigenvalue weighted by Gasteiger charge is -2.13. The van der Waals surface area contributed by atoms with E-state index in [9.17, 15) is 9.13 Å². The summed E-state index contributed by atoms with van der Waals surface area (Å²) in [5.74, 6) is 0. The molecule has 0 bridgehead atoms. The fourth-order valence-electron chi connectivity index (χ4n) is 3.32. The van der Waals surface area contributed by atoms with Crippen LogP contribution in [0.3, 0.4) is 0 Å². The Labute approximate surface area is 185 Å². The van der Waals surface area contributed by atoms with E-state index >= 15 is 0 Å². The number of fused-ring (bicyclic) bond motifs is 2. The van der Waals surface area contributed by atoms with Gasteiger partial charge in [-0.05, 0) is 59.5 Å². The molecular formula is C25H31N2O2P2+. The number of benzene rings is 4. The Hall–Kier alpha value is -2.67. The summed E-state index contributed by atoms with van der Waals surface area (Å²) in [4.78, 5) is 0. The van der Waals surface area contributed by atoms with E-state index in [0.29, 0.717) is 5.69 Å². The highest BCUT2D eigenvalue weighted by atomic mass is 31.2. The van der Waals surface area contributed by atoms with Crippen molar-refractivity contribution in [3.63, 3.8) is 0 Å². The Morgan fingerprint density at radius 2 is 1.13 bits per heavy atom. The van der Waals surface area contributed by atoms with Crippen LogP contribution in [0.1, 0.15) is 5.56 Å². The zero-order chi connectivity index (χ0) is 23.2. The van der Waals surface area contributed by atoms with Crippen molar-refractivity contribution < 1.29 is 9.13 Å². The molecule has 0 fully saturated rings. The predicted octanol–water partition coefficient (Wildman–Crippen LogP) is 6.47. The standard InChI is InChI=1S/C12H14NOP.C11H11N.C2H6OP/c1-15(2,14)12-10-6-4-3-5-9(10)7-8-11(12)13;1-8-10-5-3-2-4-9(10)6-7-11(8)12;1-4(2)3/h3-8H,13H2,1-2H3;2-7H,12H2,1H3;1-2H3/q;;+1. The molecular weight excluding hydrogens is 422 g/mol. The molecule has 0 aromatic heterocycles. The SMILES string of the molecule is CP(C)(=O)c1c(N)ccc2ccccc12.C[P+](C)=O.Cc1c(N)ccc2ccccc12. The Morgan fingerprint density at radius 3 is 1.65 bits per heavy atom. The Balaban J connectivity index is 0.000000192. The van der Waals surface area contributed by atoms with Crippen LogP contribution in [0.2, 0.25) is 0 Å². The number of hydrogen-bond donors (Lipinski definition) is 2. The lowest BCUT2D eigenvalue weighted by molar-refractivity contribution is 0.588. The molecule has 0 saturated heterocycles. The minimum absolute atomic E-state index is 0.627. The van der Waals surface area contributed by atoms with Gasteiger partial charge in [-0.2, -0.15) is 0 Å². The summed E-state index contributed by atoms with van der Waals surface area (Å²) >= 11 is 0. The predicted molar refractivity (Wildman–Crippen MR) is 140 cm³/mol. The first kappa shape index (κ1) is 24.6. The lowest BCUT2D eigenvalue weighted by atomic mass is 10.0. The van der Waals surface area contributed by atoms with Crippen molar-refractivity contribution in [2.24, 2.45) is 0 Å². The van der Waals surface area contributed by atoms with Crippen LogP contribution in [-0.4, -0.2) is 26.7 Å². The van der Waals surface area contributed by atoms with E-state index in [1.807, 2.05) is 54.6 Å². The number of aryl methyl sites for hydroxylation is 1. The van der Waals surface area contributed by atoms with Crippen LogP contribution in [0.25, 0.3) is 21.5 Å². The molecule has 0 amide bonds. The highest BCUT2D eigenvalue weighted by molar-refractivity contribution is 7.71. The number of anilines is 2. The van der Waals surface area contributed by atoms with Crippen molar-refractivity contribution in [2.75, 3.05) is 38.1 Å². The molecule has 4 N–H and O–H groups in total. The van der Waals surface area contributed by atoms with Gasteiger partial charge in [0.25, 0.3) is 0 Å². The first-order valence-electron chi connectivity index (χ1n) is 9.93. The normalized spacial score (nSPS) is 10.6. The average molecular weight is 453 g/mol. The van der Waals surface area contributed by atoms with Gasteiger partial charge in [0.15, 0.2) is 0 Å². The number of nitrogens with two attached hydrogens (primary N) is 2. The van der Waals surface area contributed by atoms with E-state index < -0.39 is 14.9 Å². The van der Waals surface area contributed by atoms with Crippen molar-refractivity contribution in [1.29, 1.82) is 0 Å². The lowest BCUT2D eigenvalue weighted by Crippen LogP contribution is -2.10. The van der Waals surface area contributed by atoms with Crippen molar-refractivity contribution >= 4 is 53.2 Å². The minimum Gasteiger partial charge on any atom is -0.398 e. The Kier molecular flexibility index (Phi) is 8.39. The molecule has 0 heterocycles. The maximum Gasteiger partial charge on any atom is 0.332 e. The molecule has 0 saturated carbocycles. The maximum absolute atomic E-state index is 12.2. The molecule has 0 unspecified atom stereocenters. The van der Waals surface area contributed by atoms with E-state index in [1.165, 1.54) is 16.3 Å². The Morgan fingerprint density at radius 1 is 0.710 bits per heavy atom. The zero-order valence-electron chi connectivity index (χ0n) is 18.8. The van der Waals surface area contributed by atoms with Gasteiger partial charge in [-0.1, -0.05) is 65.2 Å². The second-order valence-corrected chi connectivity index (χ2v) is 12.7. The van der Waals surface area contributed by atoms with Gasteiger partial charge in [-0.25, -0.2) is 0 Å². The highest BCUT2D eigenvalue weighted by Gasteiger charge is 2.17. The zero-order valence-corrected chi connectivity index (χ0v) is 20.6. The number of rotatable bonds is 1. The maximum atomic E-state index is 12.2. The third-order valence-corrected chi connectivity index (χ3v) is 6.29. The van der Waals surface area contributed by atoms with Crippen LogP contribution in [0.15, 0.2) is 72.8 Å². The summed E-state index contributed by atoms with van der Waals surface area (Å²) in [5.41, 5.74) is 14.4. The fraction of sp³-hybridized carbons (Fsp3) is 0.200. The molecule has 0 aliphatic carbocycles. The molecule has 0 radical (unpaired) electrons. The molecule has 162 valence electrons. The third kappa shape index (κ3) is 6.66. The van der Waals surface area contributed by atoms with Gasteiger partial charge in [-0.3, -0.25) is 0 Å². The van der Waals surface area contributed by atoms with Crippen LogP contribution < -0.4 is 16.8 Å². The van der Waals surface area contributed by atoms with Gasteiger partial charge in [0.05, 0.1) is 0 Å². The van der Waals surface area contributed by atoms with Crippen LogP contribution in [0.4, 0.5) is 11.4 Å². The van der Waals surface area contributed by atoms with Crippen LogP contribution in [0, 0.1) is 6.92 Å². The third-order valence-electron chi connectivity index (χ3n) is 4.71. The van der Waals surface area contributed by atoms with E-state index in [-0.39, 0.29) is 0 Å². The fourth-order valence-corrected chi connectivity index (χ4v) is 4.80. The molecule has 31 heavy (non-hydrogen) atoms. The quantitative estimate of drug-likeness (QED) is 0.255. The number of nitrogen functional groups attached to an aromatic ring is 2. The van der Waals surface area contributed by atoms with E-state index in [1.54, 1.807) is 26.7 Å². The molecule has 0 aliphatic heterocycles. The second kappa shape index (κ2) is 10.6. The monoisotopic (exact) mass is 453 g/mol. The van der Waals surface area contributed by atoms with Gasteiger partial charge in [0.1, 0.15) is 20.5 Å². The van der Waals surface area contributed by atoms with Gasteiger partial charge in [0, 0.05) is 16.7 Å². The van der Waals surface area contributed by atoms with E-state index in [0.717, 1.165) is 21.8 Å². The first-order valence-corrected chi connectivity index (χ1v) is 14.7. The highest BCUT2D eigenvalue weighted by Crippen LogP contribution is 2.40. The van der Waals surface area contributed by atoms with E-state index in [2.05, 4.69) is 25.1 Å². The van der Waals surface area contributed by atoms with Crippen molar-refractivity contribution in [3.05, 3.63) is 78.4 Å². The summed E-state index contributed by atoms with van der Waals surface area (Å²) < 4.78 is 21.8. The van der Waals surface area contributed by atoms with Crippen LogP contribution in [0.5, 0.6) is 0 Å². The summed E-state index contributed by atoms with van der Waals surface area (Å²) in [6.07, 6.45) is 0. The van der Waals surface area contributed by atoms with Gasteiger partial charge in [0.2, 0.25) is 0 Å². The van der Waals surface area contributed by atoms with Gasteiger partial charge in [-0.15, -0.1) is 0 Å². The largest absolute Gasteiger partial charge is 0.398 e. The van der Waals surface area contributed by atoms with Crippen molar-refractivity contribution in [3.8, 4) is 0 Å². The molecule has 0 spiro atoms. The second-order valence-electron chi connectivity index (χ2n) is 7.89. The summed E-state index contributed by atoms with van der Waals surface area (Å²) in [7, 11) is -3.20. The van der Waals surface area contributed by atoms with Gasteiger partial charge < -0.3 is 16.0 Å². The topological polar surface area (TPSA) is 86.2 Å². The van der Waals surface area contributed by atoms with Crippen molar-refractivity contribution in [2.45, 2.75) is 6.92 Å². The molecule has 6 heteroatoms. The van der Waals surface area contributed by atoms with E-state index in [4.69, 9.17) is 11.5 Å². The molecule has 0 atom stereocenters. The average Bonchev–Trinajstić information content (AvgIpc) is 2.70. The number of hydrogen-bond acceptors (Lipinski definition) is 4. The molecule has 4 rings (SSSR count). The minimum atomic E-state index is -2.33. The molecule has 4 aromatic rings. The molecule has 0 aliphatic rings. The summed E-state index contributed by atoms with van der Waals surface area (Å²) in [6.45, 7) is 8.92. The van der Waals surface area contributed by atoms with Gasteiger partial charge >= 0.3 is 7.80 Å². The summed E-state index contributed by atoms with van der Waals surface area (Å²) in [5, 5.41) is 5.40. The summed E-state index contributed by atoms with van der Waals surface area (Å²) in [6, 6.07) is 24.0. The first-order chi connectivity index (χ1) is 14.5.